The van der Waals surface area contributed by atoms with Gasteiger partial charge in [-0.2, -0.15) is 0 Å². The number of hydrogen-bond donors (Lipinski definition) is 1. The number of ether oxygens (including phenoxy) is 2. The third-order valence-corrected chi connectivity index (χ3v) is 6.27. The molecule has 2 aliphatic heterocycles. The van der Waals surface area contributed by atoms with Gasteiger partial charge in [0.25, 0.3) is 11.8 Å². The number of methoxy groups -OCH3 is 1. The molecule has 2 aliphatic rings. The van der Waals surface area contributed by atoms with E-state index in [1.54, 1.807) is 30.3 Å². The molecule has 192 valence electrons. The van der Waals surface area contributed by atoms with Crippen molar-refractivity contribution < 1.29 is 35.8 Å². The monoisotopic (exact) mass is 508 g/mol. The fraction of sp³-hybridized carbons (Fsp3) is 0.346. The number of hydrogen-bond acceptors (Lipinski definition) is 8. The topological polar surface area (TPSA) is 131 Å². The highest BCUT2D eigenvalue weighted by Crippen LogP contribution is 2.36. The van der Waals surface area contributed by atoms with E-state index in [0.717, 1.165) is 0 Å². The molecule has 0 radical (unpaired) electrons. The summed E-state index contributed by atoms with van der Waals surface area (Å²) in [6.45, 7) is 1.11. The van der Waals surface area contributed by atoms with Crippen LogP contribution in [-0.2, 0) is 26.4 Å². The van der Waals surface area contributed by atoms with Gasteiger partial charge in [0.05, 0.1) is 21.8 Å². The molecule has 3 aromatic rings. The van der Waals surface area contributed by atoms with Crippen LogP contribution in [0.5, 0.6) is 5.75 Å². The molecule has 4 amide bonds. The summed E-state index contributed by atoms with van der Waals surface area (Å²) in [4.78, 5) is 58.9. The van der Waals surface area contributed by atoms with Crippen LogP contribution in [0.4, 0.5) is 4.79 Å². The number of nitrogens with zero attached hydrogens (tertiary/aromatic N) is 3. The summed E-state index contributed by atoms with van der Waals surface area (Å²) in [5.41, 5.74) is -1.39. The van der Waals surface area contributed by atoms with Crippen molar-refractivity contribution in [3.8, 4) is 5.75 Å². The highest BCUT2D eigenvalue weighted by Gasteiger charge is 2.57. The molecule has 37 heavy (non-hydrogen) atoms. The van der Waals surface area contributed by atoms with Crippen LogP contribution in [0.25, 0.3) is 11.1 Å². The van der Waals surface area contributed by atoms with E-state index in [2.05, 4.69) is 10.3 Å². The Morgan fingerprint density at radius 1 is 1.24 bits per heavy atom. The molecule has 1 N–H and O–H groups in total. The Kier molecular flexibility index (Phi) is 5.08. The van der Waals surface area contributed by atoms with Crippen LogP contribution in [0, 0.1) is 5.41 Å². The maximum atomic E-state index is 14.0. The van der Waals surface area contributed by atoms with Gasteiger partial charge in [-0.25, -0.2) is 9.69 Å². The summed E-state index contributed by atoms with van der Waals surface area (Å²) >= 11 is 0. The zero-order valence-corrected chi connectivity index (χ0v) is 20.7. The van der Waals surface area contributed by atoms with Gasteiger partial charge in [-0.3, -0.25) is 19.4 Å². The molecule has 11 nitrogen and oxygen atoms in total. The first-order valence-corrected chi connectivity index (χ1v) is 11.5. The van der Waals surface area contributed by atoms with Gasteiger partial charge in [-0.1, -0.05) is 6.07 Å². The van der Waals surface area contributed by atoms with Crippen molar-refractivity contribution in [2.45, 2.75) is 32.9 Å². The summed E-state index contributed by atoms with van der Waals surface area (Å²) in [6.07, 6.45) is 1.52. The molecular formula is C26H26N4O7. The normalized spacial score (nSPS) is 20.6. The number of carbonyl (C=O) groups excluding carboxylic acids is 4. The predicted octanol–water partition coefficient (Wildman–Crippen LogP) is 2.79. The van der Waals surface area contributed by atoms with Gasteiger partial charge in [-0.15, -0.1) is 0 Å². The number of imide groups is 1. The minimum Gasteiger partial charge on any atom is -0.497 e. The third-order valence-electron chi connectivity index (χ3n) is 6.27. The van der Waals surface area contributed by atoms with Crippen LogP contribution in [0.1, 0.15) is 45.2 Å². The molecule has 0 bridgehead atoms. The molecule has 4 heterocycles. The highest BCUT2D eigenvalue weighted by atomic mass is 16.5. The van der Waals surface area contributed by atoms with Gasteiger partial charge in [0.1, 0.15) is 17.0 Å². The van der Waals surface area contributed by atoms with Crippen LogP contribution in [-0.4, -0.2) is 58.9 Å². The largest absolute Gasteiger partial charge is 0.497 e. The van der Waals surface area contributed by atoms with Crippen molar-refractivity contribution in [3.05, 3.63) is 59.5 Å². The summed E-state index contributed by atoms with van der Waals surface area (Å²) in [5.74, 6) is -2.05. The number of esters is 1. The fourth-order valence-electron chi connectivity index (χ4n) is 4.21. The smallest absolute Gasteiger partial charge is 0.328 e. The number of pyridine rings is 1. The Bertz CT molecular complexity index is 1500. The van der Waals surface area contributed by atoms with E-state index in [1.807, 2.05) is 0 Å². The lowest BCUT2D eigenvalue weighted by Gasteiger charge is -2.29. The molecule has 0 saturated carbocycles. The number of benzene rings is 1. The lowest BCUT2D eigenvalue weighted by molar-refractivity contribution is -0.158. The molecule has 0 spiro atoms. The van der Waals surface area contributed by atoms with Crippen molar-refractivity contribution in [3.63, 3.8) is 0 Å². The van der Waals surface area contributed by atoms with E-state index in [9.17, 15) is 19.2 Å². The number of fused-ring (bicyclic) bond motifs is 2. The molecule has 1 saturated heterocycles. The van der Waals surface area contributed by atoms with Gasteiger partial charge in [0.15, 0.2) is 17.8 Å². The van der Waals surface area contributed by atoms with Crippen LogP contribution >= 0.6 is 0 Å². The molecular weight excluding hydrogens is 480 g/mol. The Balaban J connectivity index is 1.56. The number of furan rings is 1. The zero-order chi connectivity index (χ0) is 28.3. The molecule has 11 heteroatoms. The average molecular weight is 509 g/mol. The minimum atomic E-state index is -3.14. The second kappa shape index (κ2) is 8.61. The Morgan fingerprint density at radius 2 is 2.03 bits per heavy atom. The van der Waals surface area contributed by atoms with Crippen molar-refractivity contribution in [1.82, 2.24) is 20.1 Å². The van der Waals surface area contributed by atoms with E-state index in [4.69, 9.17) is 16.6 Å². The maximum Gasteiger partial charge on any atom is 0.328 e. The Morgan fingerprint density at radius 3 is 2.73 bits per heavy atom. The second-order valence-corrected chi connectivity index (χ2v) is 9.89. The summed E-state index contributed by atoms with van der Waals surface area (Å²) in [7, 11) is 1.48. The first kappa shape index (κ1) is 21.8. The molecule has 0 aliphatic carbocycles. The molecule has 1 fully saturated rings. The minimum absolute atomic E-state index is 0.0589. The standard InChI is InChI=1S/C26H26N4O7/c1-25(2,3)23(33)36-14-30-22(32)26(28-24(30)34,20-11-18-19(37-20)6-5-9-27-18)13-29-12-15-7-8-16(35-4)10-17(15)21(29)31/h5-11H,12-14H2,1-4H3,(H,28,34)/t26-/m0/s1/i14D2. The zero-order valence-electron chi connectivity index (χ0n) is 22.7. The number of amides is 4. The molecule has 1 aromatic carbocycles. The first-order chi connectivity index (χ1) is 18.3. The van der Waals surface area contributed by atoms with E-state index in [1.165, 1.54) is 45.0 Å². The van der Waals surface area contributed by atoms with Crippen molar-refractivity contribution in [2.24, 2.45) is 5.41 Å². The van der Waals surface area contributed by atoms with Crippen LogP contribution in [0.3, 0.4) is 0 Å². The lowest BCUT2D eigenvalue weighted by atomic mass is 9.95. The van der Waals surface area contributed by atoms with Crippen LogP contribution < -0.4 is 10.1 Å². The van der Waals surface area contributed by atoms with Crippen LogP contribution in [0.2, 0.25) is 0 Å². The fourth-order valence-corrected chi connectivity index (χ4v) is 4.21. The van der Waals surface area contributed by atoms with Crippen molar-refractivity contribution in [2.75, 3.05) is 20.3 Å². The van der Waals surface area contributed by atoms with Gasteiger partial charge >= 0.3 is 12.0 Å². The number of aromatic nitrogens is 1. The van der Waals surface area contributed by atoms with Gasteiger partial charge in [0, 0.05) is 24.4 Å². The predicted molar refractivity (Wildman–Crippen MR) is 129 cm³/mol. The SMILES string of the molecule is [2H]C([2H])(OC(=O)C(C)(C)C)N1C(=O)N[C@@](CN2Cc3ccc(OC)cc3C2=O)(c2cc3ncccc3o2)C1=O. The molecule has 1 atom stereocenters. The number of rotatable bonds is 6. The number of urea groups is 1. The number of carbonyl (C=O) groups is 4. The molecule has 0 unspecified atom stereocenters. The van der Waals surface area contributed by atoms with Gasteiger partial charge < -0.3 is 24.1 Å². The van der Waals surface area contributed by atoms with E-state index < -0.39 is 48.0 Å². The molecule has 5 rings (SSSR count). The Labute approximate surface area is 215 Å². The molecule has 2 aromatic heterocycles. The van der Waals surface area contributed by atoms with Crippen LogP contribution in [0.15, 0.2) is 47.0 Å². The number of nitrogens with one attached hydrogen (secondary N) is 1. The van der Waals surface area contributed by atoms with Gasteiger partial charge in [0.2, 0.25) is 0 Å². The first-order valence-electron chi connectivity index (χ1n) is 12.5. The summed E-state index contributed by atoms with van der Waals surface area (Å²) in [6, 6.07) is 8.56. The van der Waals surface area contributed by atoms with E-state index >= 15 is 0 Å². The maximum absolute atomic E-state index is 14.0. The highest BCUT2D eigenvalue weighted by molar-refractivity contribution is 6.08. The third kappa shape index (κ3) is 4.05. The second-order valence-electron chi connectivity index (χ2n) is 9.89. The Hall–Kier alpha value is -4.41. The van der Waals surface area contributed by atoms with E-state index in [0.29, 0.717) is 28.0 Å². The van der Waals surface area contributed by atoms with Crippen molar-refractivity contribution >= 4 is 34.9 Å². The van der Waals surface area contributed by atoms with Crippen molar-refractivity contribution in [1.29, 1.82) is 0 Å². The summed E-state index contributed by atoms with van der Waals surface area (Å²) < 4.78 is 32.8. The lowest BCUT2D eigenvalue weighted by Crippen LogP contribution is -2.52. The van der Waals surface area contributed by atoms with E-state index in [-0.39, 0.29) is 17.2 Å². The quantitative estimate of drug-likeness (QED) is 0.397. The van der Waals surface area contributed by atoms with Gasteiger partial charge in [-0.05, 0) is 50.6 Å². The average Bonchev–Trinajstić information content (AvgIpc) is 3.51. The summed E-state index contributed by atoms with van der Waals surface area (Å²) in [5, 5.41) is 2.53.